The number of nitrogens with one attached hydrogen (secondary N) is 1. The van der Waals surface area contributed by atoms with E-state index in [1.165, 1.54) is 0 Å². The standard InChI is InChI=1S/C11H15F2N2O14P3/c1-2-10(5-26-31(22,23)29-32(24,25)28-30(19,20)21)7(17)11(12,13)8(27-10)15-4-3-6(16)14-9(15)18/h2-4,7-8,17H,1,5H2,(H,22,23)(H,24,25)(H,14,16,18)(H2,19,20,21). The molecule has 5 atom stereocenters. The molecule has 0 radical (unpaired) electrons. The Morgan fingerprint density at radius 1 is 1.19 bits per heavy atom. The lowest BCUT2D eigenvalue weighted by Gasteiger charge is -2.28. The fourth-order valence-corrected chi connectivity index (χ4v) is 5.54. The quantitative estimate of drug-likeness (QED) is 0.171. The zero-order valence-corrected chi connectivity index (χ0v) is 17.9. The van der Waals surface area contributed by atoms with Gasteiger partial charge in [0, 0.05) is 12.3 Å². The Hall–Kier alpha value is -1.39. The van der Waals surface area contributed by atoms with Crippen LogP contribution in [0.2, 0.25) is 0 Å². The van der Waals surface area contributed by atoms with Crippen LogP contribution in [-0.4, -0.2) is 58.5 Å². The first-order chi connectivity index (χ1) is 14.3. The van der Waals surface area contributed by atoms with Crippen LogP contribution in [0.3, 0.4) is 0 Å². The zero-order chi connectivity index (χ0) is 24.8. The number of nitrogens with zero attached hydrogens (tertiary/aromatic N) is 1. The summed E-state index contributed by atoms with van der Waals surface area (Å²) in [6, 6.07) is 0.688. The van der Waals surface area contributed by atoms with Gasteiger partial charge in [-0.25, -0.2) is 18.5 Å². The Bertz CT molecular complexity index is 1150. The van der Waals surface area contributed by atoms with Crippen molar-refractivity contribution in [2.75, 3.05) is 6.61 Å². The van der Waals surface area contributed by atoms with Gasteiger partial charge in [0.25, 0.3) is 5.56 Å². The molecule has 1 aromatic heterocycles. The minimum Gasteiger partial charge on any atom is -0.383 e. The van der Waals surface area contributed by atoms with Crippen LogP contribution in [-0.2, 0) is 31.6 Å². The summed E-state index contributed by atoms with van der Waals surface area (Å²) >= 11 is 0. The molecular formula is C11H15F2N2O14P3. The van der Waals surface area contributed by atoms with Crippen molar-refractivity contribution in [2.45, 2.75) is 23.9 Å². The van der Waals surface area contributed by atoms with Crippen LogP contribution in [0.4, 0.5) is 8.78 Å². The smallest absolute Gasteiger partial charge is 0.383 e. The fourth-order valence-electron chi connectivity index (χ4n) is 2.48. The van der Waals surface area contributed by atoms with Crippen LogP contribution in [0.1, 0.15) is 6.23 Å². The molecule has 16 nitrogen and oxygen atoms in total. The summed E-state index contributed by atoms with van der Waals surface area (Å²) < 4.78 is 79.4. The van der Waals surface area contributed by atoms with Crippen LogP contribution < -0.4 is 11.2 Å². The molecule has 2 heterocycles. The number of alkyl halides is 2. The predicted octanol–water partition coefficient (Wildman–Crippen LogP) is -0.670. The van der Waals surface area contributed by atoms with Gasteiger partial charge in [-0.1, -0.05) is 6.08 Å². The Balaban J connectivity index is 2.29. The van der Waals surface area contributed by atoms with E-state index in [9.17, 15) is 42.1 Å². The first kappa shape index (κ1) is 26.9. The second-order valence-corrected chi connectivity index (χ2v) is 10.5. The lowest BCUT2D eigenvalue weighted by atomic mass is 9.95. The highest BCUT2D eigenvalue weighted by Gasteiger charge is 2.66. The van der Waals surface area contributed by atoms with Crippen molar-refractivity contribution in [3.8, 4) is 0 Å². The summed E-state index contributed by atoms with van der Waals surface area (Å²) in [7, 11) is -17.3. The van der Waals surface area contributed by atoms with Gasteiger partial charge in [-0.2, -0.15) is 17.4 Å². The van der Waals surface area contributed by atoms with E-state index < -0.39 is 65.2 Å². The number of hydrogen-bond acceptors (Lipinski definition) is 10. The molecule has 21 heteroatoms. The Kier molecular flexibility index (Phi) is 7.35. The molecule has 0 bridgehead atoms. The normalized spacial score (nSPS) is 29.2. The van der Waals surface area contributed by atoms with E-state index in [0.717, 1.165) is 0 Å². The van der Waals surface area contributed by atoms with Gasteiger partial charge in [-0.3, -0.25) is 18.9 Å². The number of phosphoric ester groups is 1. The number of aliphatic hydroxyl groups excluding tert-OH is 1. The van der Waals surface area contributed by atoms with Crippen molar-refractivity contribution in [1.82, 2.24) is 9.55 Å². The number of H-pyrrole nitrogens is 1. The highest BCUT2D eigenvalue weighted by Crippen LogP contribution is 2.66. The first-order valence-corrected chi connectivity index (χ1v) is 12.3. The number of ether oxygens (including phenoxy) is 1. The molecule has 0 saturated carbocycles. The minimum atomic E-state index is -5.90. The molecule has 1 fully saturated rings. The van der Waals surface area contributed by atoms with Crippen molar-refractivity contribution >= 4 is 23.5 Å². The van der Waals surface area contributed by atoms with Crippen LogP contribution in [0.5, 0.6) is 0 Å². The van der Waals surface area contributed by atoms with Crippen molar-refractivity contribution in [2.24, 2.45) is 0 Å². The number of aliphatic hydroxyl groups is 1. The maximum absolute atomic E-state index is 14.6. The van der Waals surface area contributed by atoms with Crippen molar-refractivity contribution in [3.05, 3.63) is 45.8 Å². The second-order valence-electron chi connectivity index (χ2n) is 6.09. The number of hydrogen-bond donors (Lipinski definition) is 6. The van der Waals surface area contributed by atoms with Crippen LogP contribution in [0.15, 0.2) is 34.5 Å². The van der Waals surface area contributed by atoms with Crippen LogP contribution in [0.25, 0.3) is 0 Å². The van der Waals surface area contributed by atoms with Gasteiger partial charge in [0.1, 0.15) is 5.60 Å². The molecule has 0 aliphatic carbocycles. The Labute approximate surface area is 175 Å². The zero-order valence-electron chi connectivity index (χ0n) is 15.3. The number of phosphoric acid groups is 3. The first-order valence-electron chi connectivity index (χ1n) is 7.81. The highest BCUT2D eigenvalue weighted by molar-refractivity contribution is 7.66. The van der Waals surface area contributed by atoms with E-state index in [0.29, 0.717) is 18.3 Å². The molecule has 32 heavy (non-hydrogen) atoms. The molecule has 1 aliphatic rings. The molecule has 0 spiro atoms. The van der Waals surface area contributed by atoms with Crippen molar-refractivity contribution in [1.29, 1.82) is 0 Å². The third-order valence-corrected chi connectivity index (χ3v) is 7.59. The number of aromatic nitrogens is 2. The van der Waals surface area contributed by atoms with Gasteiger partial charge in [-0.05, 0) is 0 Å². The SMILES string of the molecule is C=CC1(COP(=O)(O)OP(=O)(O)OP(=O)(O)O)OC(n2ccc(=O)[nH]c2=O)C(F)(F)C1O. The van der Waals surface area contributed by atoms with E-state index in [2.05, 4.69) is 19.7 Å². The number of halogens is 2. The van der Waals surface area contributed by atoms with Gasteiger partial charge in [0.05, 0.1) is 6.61 Å². The van der Waals surface area contributed by atoms with Crippen LogP contribution >= 0.6 is 23.5 Å². The fraction of sp³-hybridized carbons (Fsp3) is 0.455. The lowest BCUT2D eigenvalue weighted by Crippen LogP contribution is -2.48. The second kappa shape index (κ2) is 8.76. The molecule has 182 valence electrons. The van der Waals surface area contributed by atoms with E-state index in [1.54, 1.807) is 4.98 Å². The summed E-state index contributed by atoms with van der Waals surface area (Å²) in [5.74, 6) is -4.28. The van der Waals surface area contributed by atoms with Crippen molar-refractivity contribution < 1.29 is 65.0 Å². The monoisotopic (exact) mass is 530 g/mol. The predicted molar refractivity (Wildman–Crippen MR) is 95.1 cm³/mol. The minimum absolute atomic E-state index is 0.195. The third-order valence-electron chi connectivity index (χ3n) is 3.81. The average molecular weight is 530 g/mol. The summed E-state index contributed by atoms with van der Waals surface area (Å²) in [6.07, 6.45) is -4.34. The molecule has 0 amide bonds. The molecule has 6 N–H and O–H groups in total. The van der Waals surface area contributed by atoms with Crippen LogP contribution in [0, 0.1) is 0 Å². The average Bonchev–Trinajstić information content (AvgIpc) is 2.78. The van der Waals surface area contributed by atoms with Gasteiger partial charge < -0.3 is 29.4 Å². The summed E-state index contributed by atoms with van der Waals surface area (Å²) in [6.45, 7) is 1.62. The van der Waals surface area contributed by atoms with E-state index in [4.69, 9.17) is 19.4 Å². The van der Waals surface area contributed by atoms with Crippen molar-refractivity contribution in [3.63, 3.8) is 0 Å². The molecule has 2 rings (SSSR count). The van der Waals surface area contributed by atoms with Gasteiger partial charge in [0.15, 0.2) is 6.10 Å². The molecule has 5 unspecified atom stereocenters. The Morgan fingerprint density at radius 2 is 1.78 bits per heavy atom. The molecule has 1 aliphatic heterocycles. The maximum atomic E-state index is 14.6. The van der Waals surface area contributed by atoms with E-state index >= 15 is 0 Å². The molecule has 0 aromatic carbocycles. The van der Waals surface area contributed by atoms with Gasteiger partial charge in [0.2, 0.25) is 6.23 Å². The molecule has 1 saturated heterocycles. The van der Waals surface area contributed by atoms with E-state index in [1.807, 2.05) is 0 Å². The van der Waals surface area contributed by atoms with Gasteiger partial charge >= 0.3 is 35.1 Å². The third kappa shape index (κ3) is 5.94. The highest BCUT2D eigenvalue weighted by atomic mass is 31.3. The molecule has 1 aromatic rings. The Morgan fingerprint density at radius 3 is 2.28 bits per heavy atom. The summed E-state index contributed by atoms with van der Waals surface area (Å²) in [4.78, 5) is 60.1. The van der Waals surface area contributed by atoms with Gasteiger partial charge in [-0.15, -0.1) is 6.58 Å². The summed E-state index contributed by atoms with van der Waals surface area (Å²) in [5.41, 5.74) is -5.02. The maximum Gasteiger partial charge on any atom is 0.490 e. The summed E-state index contributed by atoms with van der Waals surface area (Å²) in [5, 5.41) is 10.1. The number of aromatic amines is 1. The number of rotatable bonds is 9. The largest absolute Gasteiger partial charge is 0.490 e. The van der Waals surface area contributed by atoms with E-state index in [-0.39, 0.29) is 4.57 Å². The topological polar surface area (TPSA) is 244 Å². The molecular weight excluding hydrogens is 515 g/mol. The lowest BCUT2D eigenvalue weighted by molar-refractivity contribution is -0.142.